The second kappa shape index (κ2) is 8.21. The van der Waals surface area contributed by atoms with Crippen molar-refractivity contribution < 1.29 is 14.6 Å². The molecule has 0 spiro atoms. The first-order valence-corrected chi connectivity index (χ1v) is 9.66. The second-order valence-electron chi connectivity index (χ2n) is 7.39. The van der Waals surface area contributed by atoms with Gasteiger partial charge < -0.3 is 15.2 Å². The van der Waals surface area contributed by atoms with Crippen LogP contribution in [0, 0.1) is 0 Å². The Morgan fingerprint density at radius 2 is 1.89 bits per heavy atom. The quantitative estimate of drug-likeness (QED) is 0.853. The Labute approximate surface area is 160 Å². The van der Waals surface area contributed by atoms with Crippen molar-refractivity contribution in [1.29, 1.82) is 0 Å². The van der Waals surface area contributed by atoms with Crippen molar-refractivity contribution in [2.45, 2.75) is 31.0 Å². The zero-order chi connectivity index (χ0) is 18.6. The third-order valence-corrected chi connectivity index (χ3v) is 5.53. The Hall–Kier alpha value is -2.21. The molecule has 1 amide bonds. The molecule has 2 heterocycles. The summed E-state index contributed by atoms with van der Waals surface area (Å²) < 4.78 is 5.83. The molecule has 5 nitrogen and oxygen atoms in total. The summed E-state index contributed by atoms with van der Waals surface area (Å²) in [6.07, 6.45) is 1.68. The van der Waals surface area contributed by atoms with E-state index in [0.29, 0.717) is 24.6 Å². The summed E-state index contributed by atoms with van der Waals surface area (Å²) in [4.78, 5) is 15.4. The summed E-state index contributed by atoms with van der Waals surface area (Å²) in [5.74, 6) is -0.0212. The van der Waals surface area contributed by atoms with Gasteiger partial charge in [-0.15, -0.1) is 0 Å². The van der Waals surface area contributed by atoms with Gasteiger partial charge in [-0.2, -0.15) is 0 Å². The van der Waals surface area contributed by atoms with Gasteiger partial charge in [0.25, 0.3) is 5.91 Å². The second-order valence-corrected chi connectivity index (χ2v) is 7.39. The number of amides is 1. The Balaban J connectivity index is 1.44. The standard InChI is InChI=1S/C22H26N2O3/c25-11-10-19-14-24-13-17(12-18(24)15-27-19)23-22(26)21-9-5-4-8-20(21)16-6-2-1-3-7-16/h1-9,17-19,25H,10-15H2,(H,23,26)/t17-,18+,19+/m1/s1. The Morgan fingerprint density at radius 3 is 2.70 bits per heavy atom. The maximum absolute atomic E-state index is 13.0. The Morgan fingerprint density at radius 1 is 1.11 bits per heavy atom. The van der Waals surface area contributed by atoms with Gasteiger partial charge in [0.15, 0.2) is 0 Å². The molecule has 0 aromatic heterocycles. The van der Waals surface area contributed by atoms with Crippen LogP contribution in [0.4, 0.5) is 0 Å². The van der Waals surface area contributed by atoms with Crippen molar-refractivity contribution in [3.63, 3.8) is 0 Å². The molecule has 2 aliphatic rings. The molecule has 0 aliphatic carbocycles. The van der Waals surface area contributed by atoms with Gasteiger partial charge in [0.05, 0.1) is 12.7 Å². The molecule has 0 saturated carbocycles. The maximum Gasteiger partial charge on any atom is 0.252 e. The van der Waals surface area contributed by atoms with Crippen LogP contribution in [0.15, 0.2) is 54.6 Å². The van der Waals surface area contributed by atoms with Crippen LogP contribution in [-0.4, -0.2) is 60.4 Å². The van der Waals surface area contributed by atoms with E-state index < -0.39 is 0 Å². The van der Waals surface area contributed by atoms with Gasteiger partial charge in [0, 0.05) is 37.3 Å². The third-order valence-electron chi connectivity index (χ3n) is 5.53. The predicted molar refractivity (Wildman–Crippen MR) is 105 cm³/mol. The first kappa shape index (κ1) is 18.2. The Bertz CT molecular complexity index is 780. The summed E-state index contributed by atoms with van der Waals surface area (Å²) in [6, 6.07) is 18.3. The zero-order valence-corrected chi connectivity index (χ0v) is 15.4. The smallest absolute Gasteiger partial charge is 0.252 e. The van der Waals surface area contributed by atoms with Crippen LogP contribution in [0.3, 0.4) is 0 Å². The van der Waals surface area contributed by atoms with Crippen molar-refractivity contribution in [3.8, 4) is 11.1 Å². The minimum absolute atomic E-state index is 0.0212. The van der Waals surface area contributed by atoms with Gasteiger partial charge in [-0.1, -0.05) is 48.5 Å². The van der Waals surface area contributed by atoms with Crippen LogP contribution >= 0.6 is 0 Å². The number of morpholine rings is 1. The normalized spacial score (nSPS) is 25.1. The van der Waals surface area contributed by atoms with Crippen LogP contribution in [0.1, 0.15) is 23.2 Å². The van der Waals surface area contributed by atoms with Crippen molar-refractivity contribution >= 4 is 5.91 Å². The van der Waals surface area contributed by atoms with Crippen molar-refractivity contribution in [2.75, 3.05) is 26.3 Å². The molecule has 0 bridgehead atoms. The van der Waals surface area contributed by atoms with Gasteiger partial charge in [0.1, 0.15) is 0 Å². The van der Waals surface area contributed by atoms with E-state index in [4.69, 9.17) is 9.84 Å². The highest BCUT2D eigenvalue weighted by atomic mass is 16.5. The predicted octanol–water partition coefficient (Wildman–Crippen LogP) is 2.31. The lowest BCUT2D eigenvalue weighted by Gasteiger charge is -2.34. The molecule has 0 radical (unpaired) electrons. The lowest BCUT2D eigenvalue weighted by molar-refractivity contribution is -0.0566. The summed E-state index contributed by atoms with van der Waals surface area (Å²) in [6.45, 7) is 2.50. The fourth-order valence-corrected chi connectivity index (χ4v) is 4.18. The number of hydrogen-bond acceptors (Lipinski definition) is 4. The number of carbonyl (C=O) groups is 1. The maximum atomic E-state index is 13.0. The average Bonchev–Trinajstić information content (AvgIpc) is 3.10. The van der Waals surface area contributed by atoms with E-state index in [9.17, 15) is 4.79 Å². The van der Waals surface area contributed by atoms with Gasteiger partial charge in [-0.05, 0) is 30.0 Å². The fraction of sp³-hybridized carbons (Fsp3) is 0.409. The first-order chi connectivity index (χ1) is 13.2. The third kappa shape index (κ3) is 4.05. The SMILES string of the molecule is O=C(N[C@@H]1C[C@H]2CO[C@@H](CCO)CN2C1)c1ccccc1-c1ccccc1. The number of rotatable bonds is 5. The van der Waals surface area contributed by atoms with Crippen LogP contribution in [-0.2, 0) is 4.74 Å². The summed E-state index contributed by atoms with van der Waals surface area (Å²) >= 11 is 0. The molecule has 5 heteroatoms. The van der Waals surface area contributed by atoms with Crippen LogP contribution in [0.25, 0.3) is 11.1 Å². The number of ether oxygens (including phenoxy) is 1. The molecular weight excluding hydrogens is 340 g/mol. The molecule has 2 fully saturated rings. The van der Waals surface area contributed by atoms with Crippen LogP contribution < -0.4 is 5.32 Å². The number of nitrogens with one attached hydrogen (secondary N) is 1. The lowest BCUT2D eigenvalue weighted by Crippen LogP contribution is -2.46. The van der Waals surface area contributed by atoms with Gasteiger partial charge in [-0.25, -0.2) is 0 Å². The van der Waals surface area contributed by atoms with Crippen molar-refractivity contribution in [1.82, 2.24) is 10.2 Å². The number of nitrogens with zero attached hydrogens (tertiary/aromatic N) is 1. The molecule has 3 atom stereocenters. The van der Waals surface area contributed by atoms with Crippen molar-refractivity contribution in [2.24, 2.45) is 0 Å². The topological polar surface area (TPSA) is 61.8 Å². The number of fused-ring (bicyclic) bond motifs is 1. The molecule has 2 aromatic rings. The largest absolute Gasteiger partial charge is 0.396 e. The van der Waals surface area contributed by atoms with E-state index in [1.807, 2.05) is 54.6 Å². The van der Waals surface area contributed by atoms with E-state index >= 15 is 0 Å². The number of hydrogen-bond donors (Lipinski definition) is 2. The van der Waals surface area contributed by atoms with E-state index in [0.717, 1.165) is 30.6 Å². The Kier molecular flexibility index (Phi) is 5.53. The van der Waals surface area contributed by atoms with Crippen LogP contribution in [0.5, 0.6) is 0 Å². The number of aliphatic hydroxyl groups excluding tert-OH is 1. The summed E-state index contributed by atoms with van der Waals surface area (Å²) in [5, 5.41) is 12.3. The highest BCUT2D eigenvalue weighted by molar-refractivity contribution is 6.01. The number of aliphatic hydroxyl groups is 1. The monoisotopic (exact) mass is 366 g/mol. The van der Waals surface area contributed by atoms with Gasteiger partial charge in [0.2, 0.25) is 0 Å². The molecular formula is C22H26N2O3. The molecule has 0 unspecified atom stereocenters. The van der Waals surface area contributed by atoms with E-state index in [1.54, 1.807) is 0 Å². The molecule has 2 aliphatic heterocycles. The van der Waals surface area contributed by atoms with Gasteiger partial charge >= 0.3 is 0 Å². The summed E-state index contributed by atoms with van der Waals surface area (Å²) in [5.41, 5.74) is 2.72. The lowest BCUT2D eigenvalue weighted by atomic mass is 9.99. The molecule has 2 aromatic carbocycles. The molecule has 2 N–H and O–H groups in total. The fourth-order valence-electron chi connectivity index (χ4n) is 4.18. The minimum Gasteiger partial charge on any atom is -0.396 e. The van der Waals surface area contributed by atoms with E-state index in [1.165, 1.54) is 0 Å². The highest BCUT2D eigenvalue weighted by Crippen LogP contribution is 2.26. The molecule has 142 valence electrons. The van der Waals surface area contributed by atoms with E-state index in [2.05, 4.69) is 10.2 Å². The average molecular weight is 366 g/mol. The molecule has 4 rings (SSSR count). The number of benzene rings is 2. The zero-order valence-electron chi connectivity index (χ0n) is 15.4. The molecule has 27 heavy (non-hydrogen) atoms. The first-order valence-electron chi connectivity index (χ1n) is 9.66. The molecule has 2 saturated heterocycles. The minimum atomic E-state index is -0.0212. The van der Waals surface area contributed by atoms with Crippen molar-refractivity contribution in [3.05, 3.63) is 60.2 Å². The van der Waals surface area contributed by atoms with Gasteiger partial charge in [-0.3, -0.25) is 9.69 Å². The highest BCUT2D eigenvalue weighted by Gasteiger charge is 2.37. The van der Waals surface area contributed by atoms with E-state index in [-0.39, 0.29) is 24.7 Å². The van der Waals surface area contributed by atoms with Crippen LogP contribution in [0.2, 0.25) is 0 Å². The number of carbonyl (C=O) groups excluding carboxylic acids is 1. The summed E-state index contributed by atoms with van der Waals surface area (Å²) in [7, 11) is 0.